The van der Waals surface area contributed by atoms with Gasteiger partial charge in [-0.2, -0.15) is 0 Å². The Kier molecular flexibility index (Phi) is 4.00. The van der Waals surface area contributed by atoms with Crippen LogP contribution in [0.15, 0.2) is 24.3 Å². The summed E-state index contributed by atoms with van der Waals surface area (Å²) in [6.45, 7) is 7.11. The van der Waals surface area contributed by atoms with Gasteiger partial charge in [0.1, 0.15) is 0 Å². The van der Waals surface area contributed by atoms with Gasteiger partial charge in [0.15, 0.2) is 0 Å². The van der Waals surface area contributed by atoms with Crippen molar-refractivity contribution in [3.8, 4) is 0 Å². The second-order valence-corrected chi connectivity index (χ2v) is 5.14. The molecule has 1 aromatic rings. The molecule has 1 aliphatic heterocycles. The van der Waals surface area contributed by atoms with Gasteiger partial charge < -0.3 is 4.90 Å². The quantitative estimate of drug-likeness (QED) is 0.750. The molecule has 0 saturated carbocycles. The third-order valence-corrected chi connectivity index (χ3v) is 3.67. The third-order valence-electron chi connectivity index (χ3n) is 3.67. The number of piperidine rings is 1. The second-order valence-electron chi connectivity index (χ2n) is 5.14. The molecule has 0 radical (unpaired) electrons. The maximum atomic E-state index is 2.64. The van der Waals surface area contributed by atoms with E-state index < -0.39 is 0 Å². The van der Waals surface area contributed by atoms with Crippen LogP contribution in [0.2, 0.25) is 0 Å². The summed E-state index contributed by atoms with van der Waals surface area (Å²) < 4.78 is 0. The molecule has 0 aliphatic carbocycles. The first-order chi connectivity index (χ1) is 7.75. The van der Waals surface area contributed by atoms with Gasteiger partial charge in [0.2, 0.25) is 0 Å². The Morgan fingerprint density at radius 3 is 2.31 bits per heavy atom. The average Bonchev–Trinajstić information content (AvgIpc) is 2.33. The SMILES string of the molecule is Cc1ccc(CC(C)N2CCCCC2)cc1. The summed E-state index contributed by atoms with van der Waals surface area (Å²) in [5.41, 5.74) is 2.83. The molecule has 0 bridgehead atoms. The Morgan fingerprint density at radius 1 is 1.06 bits per heavy atom. The summed E-state index contributed by atoms with van der Waals surface area (Å²) in [6, 6.07) is 9.69. The van der Waals surface area contributed by atoms with Gasteiger partial charge in [0.05, 0.1) is 0 Å². The molecule has 1 saturated heterocycles. The lowest BCUT2D eigenvalue weighted by Crippen LogP contribution is -2.38. The molecule has 1 heterocycles. The molecule has 0 amide bonds. The van der Waals surface area contributed by atoms with Crippen LogP contribution in [0.1, 0.15) is 37.3 Å². The van der Waals surface area contributed by atoms with Gasteiger partial charge in [-0.1, -0.05) is 36.2 Å². The summed E-state index contributed by atoms with van der Waals surface area (Å²) in [5.74, 6) is 0. The molecule has 1 atom stereocenters. The number of nitrogens with zero attached hydrogens (tertiary/aromatic N) is 1. The lowest BCUT2D eigenvalue weighted by Gasteiger charge is -2.32. The minimum atomic E-state index is 0.697. The van der Waals surface area contributed by atoms with Crippen molar-refractivity contribution in [2.45, 2.75) is 45.6 Å². The van der Waals surface area contributed by atoms with Crippen LogP contribution in [0.4, 0.5) is 0 Å². The highest BCUT2D eigenvalue weighted by molar-refractivity contribution is 5.21. The zero-order chi connectivity index (χ0) is 11.4. The first-order valence-electron chi connectivity index (χ1n) is 6.55. The lowest BCUT2D eigenvalue weighted by atomic mass is 10.0. The Bertz CT molecular complexity index is 309. The Hall–Kier alpha value is -0.820. The van der Waals surface area contributed by atoms with Crippen molar-refractivity contribution in [1.82, 2.24) is 4.90 Å². The number of rotatable bonds is 3. The molecular weight excluding hydrogens is 194 g/mol. The maximum absolute atomic E-state index is 2.64. The topological polar surface area (TPSA) is 3.24 Å². The first kappa shape index (κ1) is 11.7. The highest BCUT2D eigenvalue weighted by Crippen LogP contribution is 2.15. The number of aryl methyl sites for hydroxylation is 1. The number of hydrogen-bond donors (Lipinski definition) is 0. The fraction of sp³-hybridized carbons (Fsp3) is 0.600. The summed E-state index contributed by atoms with van der Waals surface area (Å²) in [5, 5.41) is 0. The van der Waals surface area contributed by atoms with E-state index in [1.54, 1.807) is 0 Å². The zero-order valence-electron chi connectivity index (χ0n) is 10.6. The molecule has 1 nitrogen and oxygen atoms in total. The van der Waals surface area contributed by atoms with Crippen molar-refractivity contribution in [3.63, 3.8) is 0 Å². The Morgan fingerprint density at radius 2 is 1.69 bits per heavy atom. The number of benzene rings is 1. The van der Waals surface area contributed by atoms with Crippen LogP contribution in [0.5, 0.6) is 0 Å². The zero-order valence-corrected chi connectivity index (χ0v) is 10.6. The first-order valence-corrected chi connectivity index (χ1v) is 6.55. The van der Waals surface area contributed by atoms with Crippen LogP contribution in [0.3, 0.4) is 0 Å². The molecule has 0 aromatic heterocycles. The van der Waals surface area contributed by atoms with E-state index in [1.807, 2.05) is 0 Å². The fourth-order valence-electron chi connectivity index (χ4n) is 2.55. The van der Waals surface area contributed by atoms with E-state index in [1.165, 1.54) is 49.9 Å². The molecule has 2 rings (SSSR count). The van der Waals surface area contributed by atoms with Gasteiger partial charge in [0, 0.05) is 6.04 Å². The van der Waals surface area contributed by atoms with Crippen LogP contribution < -0.4 is 0 Å². The second kappa shape index (κ2) is 5.49. The Balaban J connectivity index is 1.90. The van der Waals surface area contributed by atoms with Crippen LogP contribution in [0, 0.1) is 6.92 Å². The smallest absolute Gasteiger partial charge is 0.0107 e. The van der Waals surface area contributed by atoms with E-state index >= 15 is 0 Å². The lowest BCUT2D eigenvalue weighted by molar-refractivity contribution is 0.173. The van der Waals surface area contributed by atoms with Gasteiger partial charge in [-0.25, -0.2) is 0 Å². The molecule has 1 fully saturated rings. The van der Waals surface area contributed by atoms with E-state index in [-0.39, 0.29) is 0 Å². The molecule has 0 spiro atoms. The third kappa shape index (κ3) is 3.08. The van der Waals surface area contributed by atoms with Gasteiger partial charge >= 0.3 is 0 Å². The van der Waals surface area contributed by atoms with Crippen molar-refractivity contribution in [1.29, 1.82) is 0 Å². The van der Waals surface area contributed by atoms with Gasteiger partial charge in [0.25, 0.3) is 0 Å². The molecule has 0 N–H and O–H groups in total. The molecule has 1 unspecified atom stereocenters. The molecule has 1 aliphatic rings. The molecular formula is C15H23N. The summed E-state index contributed by atoms with van der Waals surface area (Å²) in [6.07, 6.45) is 5.39. The van der Waals surface area contributed by atoms with Crippen molar-refractivity contribution >= 4 is 0 Å². The highest BCUT2D eigenvalue weighted by Gasteiger charge is 2.16. The van der Waals surface area contributed by atoms with Gasteiger partial charge in [-0.15, -0.1) is 0 Å². The minimum absolute atomic E-state index is 0.697. The standard InChI is InChI=1S/C15H23N/c1-13-6-8-15(9-7-13)12-14(2)16-10-4-3-5-11-16/h6-9,14H,3-5,10-12H2,1-2H3. The Labute approximate surface area is 99.5 Å². The van der Waals surface area contributed by atoms with Crippen molar-refractivity contribution in [3.05, 3.63) is 35.4 Å². The van der Waals surface area contributed by atoms with Crippen molar-refractivity contribution in [2.75, 3.05) is 13.1 Å². The van der Waals surface area contributed by atoms with E-state index in [2.05, 4.69) is 43.0 Å². The van der Waals surface area contributed by atoms with Gasteiger partial charge in [-0.3, -0.25) is 0 Å². The monoisotopic (exact) mass is 217 g/mol. The highest BCUT2D eigenvalue weighted by atomic mass is 15.1. The fourth-order valence-corrected chi connectivity index (χ4v) is 2.55. The van der Waals surface area contributed by atoms with E-state index in [9.17, 15) is 0 Å². The van der Waals surface area contributed by atoms with Crippen molar-refractivity contribution < 1.29 is 0 Å². The van der Waals surface area contributed by atoms with Crippen LogP contribution >= 0.6 is 0 Å². The normalized spacial score (nSPS) is 19.6. The van der Waals surface area contributed by atoms with Crippen molar-refractivity contribution in [2.24, 2.45) is 0 Å². The number of likely N-dealkylation sites (tertiary alicyclic amines) is 1. The number of hydrogen-bond acceptors (Lipinski definition) is 1. The minimum Gasteiger partial charge on any atom is -0.300 e. The predicted molar refractivity (Wildman–Crippen MR) is 69.8 cm³/mol. The summed E-state index contributed by atoms with van der Waals surface area (Å²) >= 11 is 0. The van der Waals surface area contributed by atoms with Crippen LogP contribution in [-0.4, -0.2) is 24.0 Å². The van der Waals surface area contributed by atoms with Gasteiger partial charge in [-0.05, 0) is 51.8 Å². The van der Waals surface area contributed by atoms with Crippen LogP contribution in [0.25, 0.3) is 0 Å². The van der Waals surface area contributed by atoms with Crippen LogP contribution in [-0.2, 0) is 6.42 Å². The molecule has 16 heavy (non-hydrogen) atoms. The summed E-state index contributed by atoms with van der Waals surface area (Å²) in [4.78, 5) is 2.64. The maximum Gasteiger partial charge on any atom is 0.0107 e. The average molecular weight is 217 g/mol. The molecule has 1 heteroatoms. The largest absolute Gasteiger partial charge is 0.300 e. The molecule has 88 valence electrons. The predicted octanol–water partition coefficient (Wildman–Crippen LogP) is 3.41. The van der Waals surface area contributed by atoms with E-state index in [0.717, 1.165) is 0 Å². The van der Waals surface area contributed by atoms with E-state index in [4.69, 9.17) is 0 Å². The van der Waals surface area contributed by atoms with E-state index in [0.29, 0.717) is 6.04 Å². The molecule has 1 aromatic carbocycles. The summed E-state index contributed by atoms with van der Waals surface area (Å²) in [7, 11) is 0.